The third-order valence-corrected chi connectivity index (χ3v) is 3.59. The largest absolute Gasteiger partial charge is 0.272 e. The van der Waals surface area contributed by atoms with Gasteiger partial charge in [-0.15, -0.1) is 0 Å². The van der Waals surface area contributed by atoms with E-state index in [1.807, 2.05) is 20.0 Å². The van der Waals surface area contributed by atoms with Crippen LogP contribution in [0, 0.1) is 0 Å². The molecule has 0 aliphatic rings. The van der Waals surface area contributed by atoms with E-state index in [2.05, 4.69) is 10.5 Å². The molecule has 0 bridgehead atoms. The normalized spacial score (nSPS) is 13.9. The zero-order chi connectivity index (χ0) is 13.1. The molecule has 1 atom stereocenters. The summed E-state index contributed by atoms with van der Waals surface area (Å²) in [5, 5.41) is 4.31. The van der Waals surface area contributed by atoms with Crippen molar-refractivity contribution in [3.8, 4) is 0 Å². The van der Waals surface area contributed by atoms with E-state index >= 15 is 0 Å². The fourth-order valence-corrected chi connectivity index (χ4v) is 2.66. The molecule has 7 heteroatoms. The Morgan fingerprint density at radius 3 is 2.65 bits per heavy atom. The minimum Gasteiger partial charge on any atom is -0.272 e. The lowest BCUT2D eigenvalue weighted by Gasteiger charge is -2.14. The monoisotopic (exact) mass is 260 g/mol. The van der Waals surface area contributed by atoms with Crippen LogP contribution >= 0.6 is 0 Å². The number of aryl methyl sites for hydroxylation is 2. The number of rotatable bonds is 6. The number of hydrogen-bond donors (Lipinski definition) is 2. The summed E-state index contributed by atoms with van der Waals surface area (Å²) in [5.41, 5.74) is 4.52. The zero-order valence-corrected chi connectivity index (χ0v) is 11.3. The molecule has 0 aliphatic carbocycles. The summed E-state index contributed by atoms with van der Waals surface area (Å²) >= 11 is 0. The Kier molecular flexibility index (Phi) is 4.67. The molecule has 1 heterocycles. The highest BCUT2D eigenvalue weighted by atomic mass is 32.2. The maximum absolute atomic E-state index is 11.2. The van der Waals surface area contributed by atoms with Crippen LogP contribution in [-0.4, -0.2) is 36.2 Å². The van der Waals surface area contributed by atoms with Crippen LogP contribution in [-0.2, 0) is 29.7 Å². The Hall–Kier alpha value is -0.920. The Morgan fingerprint density at radius 1 is 1.59 bits per heavy atom. The minimum atomic E-state index is -3.04. The van der Waals surface area contributed by atoms with E-state index in [4.69, 9.17) is 5.84 Å². The predicted octanol–water partition coefficient (Wildman–Crippen LogP) is -0.598. The molecule has 1 unspecified atom stereocenters. The lowest BCUT2D eigenvalue weighted by molar-refractivity contribution is 0.530. The van der Waals surface area contributed by atoms with Gasteiger partial charge in [-0.05, 0) is 12.5 Å². The molecule has 6 nitrogen and oxygen atoms in total. The summed E-state index contributed by atoms with van der Waals surface area (Å²) in [6, 6.07) is 1.69. The molecule has 98 valence electrons. The molecule has 1 rings (SSSR count). The summed E-state index contributed by atoms with van der Waals surface area (Å²) in [4.78, 5) is 0. The minimum absolute atomic E-state index is 0.0239. The number of nitrogens with two attached hydrogens (primary N) is 1. The molecule has 1 aromatic rings. The zero-order valence-electron chi connectivity index (χ0n) is 10.5. The maximum Gasteiger partial charge on any atom is 0.149 e. The van der Waals surface area contributed by atoms with Gasteiger partial charge in [-0.2, -0.15) is 5.10 Å². The summed E-state index contributed by atoms with van der Waals surface area (Å²) in [6.45, 7) is 2.03. The molecular formula is C10H20N4O2S. The van der Waals surface area contributed by atoms with Gasteiger partial charge in [0.25, 0.3) is 0 Å². The number of sulfone groups is 1. The van der Waals surface area contributed by atoms with E-state index in [1.165, 1.54) is 6.26 Å². The number of hydrogen-bond acceptors (Lipinski definition) is 5. The number of nitrogens with one attached hydrogen (secondary N) is 1. The third kappa shape index (κ3) is 4.45. The topological polar surface area (TPSA) is 90.0 Å². The van der Waals surface area contributed by atoms with Crippen molar-refractivity contribution in [3.05, 3.63) is 17.5 Å². The first-order chi connectivity index (χ1) is 7.85. The summed E-state index contributed by atoms with van der Waals surface area (Å²) in [5.74, 6) is 5.40. The van der Waals surface area contributed by atoms with Crippen LogP contribution in [0.3, 0.4) is 0 Å². The van der Waals surface area contributed by atoms with Crippen LogP contribution in [0.1, 0.15) is 18.3 Å². The Bertz CT molecular complexity index is 467. The van der Waals surface area contributed by atoms with Crippen molar-refractivity contribution in [3.63, 3.8) is 0 Å². The first-order valence-electron chi connectivity index (χ1n) is 5.51. The van der Waals surface area contributed by atoms with Gasteiger partial charge in [-0.1, -0.05) is 6.92 Å². The van der Waals surface area contributed by atoms with E-state index in [9.17, 15) is 8.42 Å². The number of hydrazine groups is 1. The van der Waals surface area contributed by atoms with Gasteiger partial charge in [0.2, 0.25) is 0 Å². The second-order valence-corrected chi connectivity index (χ2v) is 6.45. The van der Waals surface area contributed by atoms with Gasteiger partial charge in [0.15, 0.2) is 0 Å². The molecule has 17 heavy (non-hydrogen) atoms. The molecule has 0 aliphatic heterocycles. The molecular weight excluding hydrogens is 240 g/mol. The number of nitrogens with zero attached hydrogens (tertiary/aromatic N) is 2. The SMILES string of the molecule is CCc1cc(CC(CS(C)(=O)=O)NN)n(C)n1. The Morgan fingerprint density at radius 2 is 2.24 bits per heavy atom. The highest BCUT2D eigenvalue weighted by molar-refractivity contribution is 7.90. The van der Waals surface area contributed by atoms with Crippen LogP contribution in [0.2, 0.25) is 0 Å². The van der Waals surface area contributed by atoms with Gasteiger partial charge in [0.05, 0.1) is 11.4 Å². The van der Waals surface area contributed by atoms with Crippen molar-refractivity contribution in [2.45, 2.75) is 25.8 Å². The smallest absolute Gasteiger partial charge is 0.149 e. The average Bonchev–Trinajstić information content (AvgIpc) is 2.56. The highest BCUT2D eigenvalue weighted by Crippen LogP contribution is 2.07. The quantitative estimate of drug-likeness (QED) is 0.526. The van der Waals surface area contributed by atoms with Gasteiger partial charge < -0.3 is 0 Å². The second kappa shape index (κ2) is 5.61. The third-order valence-electron chi connectivity index (χ3n) is 2.58. The Labute approximate surface area is 102 Å². The molecule has 0 amide bonds. The fraction of sp³-hybridized carbons (Fsp3) is 0.700. The van der Waals surface area contributed by atoms with Crippen LogP contribution in [0.25, 0.3) is 0 Å². The van der Waals surface area contributed by atoms with Crippen molar-refractivity contribution in [1.29, 1.82) is 0 Å². The molecule has 0 saturated heterocycles. The van der Waals surface area contributed by atoms with E-state index in [1.54, 1.807) is 4.68 Å². The summed E-state index contributed by atoms with van der Waals surface area (Å²) in [7, 11) is -1.19. The van der Waals surface area contributed by atoms with E-state index < -0.39 is 9.84 Å². The van der Waals surface area contributed by atoms with Crippen LogP contribution in [0.15, 0.2) is 6.07 Å². The van der Waals surface area contributed by atoms with Gasteiger partial charge >= 0.3 is 0 Å². The average molecular weight is 260 g/mol. The van der Waals surface area contributed by atoms with Gasteiger partial charge in [-0.25, -0.2) is 8.42 Å². The maximum atomic E-state index is 11.2. The van der Waals surface area contributed by atoms with Crippen LogP contribution < -0.4 is 11.3 Å². The number of aromatic nitrogens is 2. The fourth-order valence-electron chi connectivity index (χ4n) is 1.72. The molecule has 0 spiro atoms. The van der Waals surface area contributed by atoms with E-state index in [0.717, 1.165) is 17.8 Å². The molecule has 0 aromatic carbocycles. The predicted molar refractivity (Wildman–Crippen MR) is 67.1 cm³/mol. The van der Waals surface area contributed by atoms with Crippen molar-refractivity contribution in [2.24, 2.45) is 12.9 Å². The summed E-state index contributed by atoms with van der Waals surface area (Å²) < 4.78 is 24.2. The molecule has 0 radical (unpaired) electrons. The second-order valence-electron chi connectivity index (χ2n) is 4.26. The van der Waals surface area contributed by atoms with Crippen molar-refractivity contribution >= 4 is 9.84 Å². The first-order valence-corrected chi connectivity index (χ1v) is 7.57. The van der Waals surface area contributed by atoms with E-state index in [-0.39, 0.29) is 11.8 Å². The van der Waals surface area contributed by atoms with Gasteiger partial charge in [0, 0.05) is 31.5 Å². The van der Waals surface area contributed by atoms with Gasteiger partial charge in [-0.3, -0.25) is 16.0 Å². The first kappa shape index (κ1) is 14.1. The van der Waals surface area contributed by atoms with Crippen LogP contribution in [0.4, 0.5) is 0 Å². The lowest BCUT2D eigenvalue weighted by Crippen LogP contribution is -2.42. The van der Waals surface area contributed by atoms with Gasteiger partial charge in [0.1, 0.15) is 9.84 Å². The molecule has 3 N–H and O–H groups in total. The molecule has 0 fully saturated rings. The lowest BCUT2D eigenvalue weighted by atomic mass is 10.2. The highest BCUT2D eigenvalue weighted by Gasteiger charge is 2.16. The standard InChI is InChI=1S/C10H20N4O2S/c1-4-8-5-10(14(2)13-8)6-9(12-11)7-17(3,15)16/h5,9,12H,4,6-7,11H2,1-3H3. The summed E-state index contributed by atoms with van der Waals surface area (Å²) in [6.07, 6.45) is 2.62. The molecule has 1 aromatic heterocycles. The van der Waals surface area contributed by atoms with Crippen molar-refractivity contribution in [1.82, 2.24) is 15.2 Å². The van der Waals surface area contributed by atoms with Crippen molar-refractivity contribution < 1.29 is 8.42 Å². The van der Waals surface area contributed by atoms with Crippen molar-refractivity contribution in [2.75, 3.05) is 12.0 Å². The van der Waals surface area contributed by atoms with Crippen LogP contribution in [0.5, 0.6) is 0 Å². The van der Waals surface area contributed by atoms with E-state index in [0.29, 0.717) is 6.42 Å². The Balaban J connectivity index is 2.76. The molecule has 0 saturated carbocycles.